The van der Waals surface area contributed by atoms with Crippen molar-refractivity contribution in [2.24, 2.45) is 0 Å². The van der Waals surface area contributed by atoms with E-state index in [0.717, 1.165) is 35.8 Å². The summed E-state index contributed by atoms with van der Waals surface area (Å²) in [7, 11) is 0. The van der Waals surface area contributed by atoms with Crippen LogP contribution in [-0.2, 0) is 4.74 Å². The Labute approximate surface area is 151 Å². The van der Waals surface area contributed by atoms with E-state index in [9.17, 15) is 10.1 Å². The van der Waals surface area contributed by atoms with Crippen LogP contribution in [-0.4, -0.2) is 23.8 Å². The lowest BCUT2D eigenvalue weighted by molar-refractivity contribution is 0.0492. The maximum Gasteiger partial charge on any atom is 0.407 e. The van der Waals surface area contributed by atoms with Gasteiger partial charge in [0.15, 0.2) is 0 Å². The largest absolute Gasteiger partial charge is 0.444 e. The van der Waals surface area contributed by atoms with Crippen molar-refractivity contribution in [2.75, 3.05) is 5.32 Å². The molecule has 0 radical (unpaired) electrons. The number of rotatable bonds is 3. The number of halogens is 1. The summed E-state index contributed by atoms with van der Waals surface area (Å²) in [6.45, 7) is 5.58. The molecule has 130 valence electrons. The first-order valence-electron chi connectivity index (χ1n) is 8.22. The first-order chi connectivity index (χ1) is 11.3. The highest BCUT2D eigenvalue weighted by Crippen LogP contribution is 2.26. The molecule has 6 heteroatoms. The molecule has 1 aromatic carbocycles. The van der Waals surface area contributed by atoms with Crippen LogP contribution < -0.4 is 10.6 Å². The summed E-state index contributed by atoms with van der Waals surface area (Å²) >= 11 is 3.44. The predicted molar refractivity (Wildman–Crippen MR) is 97.9 cm³/mol. The molecule has 0 unspecified atom stereocenters. The zero-order chi connectivity index (χ0) is 17.7. The Kier molecular flexibility index (Phi) is 6.11. The second kappa shape index (κ2) is 7.89. The molecule has 0 atom stereocenters. The minimum atomic E-state index is -0.475. The van der Waals surface area contributed by atoms with E-state index in [1.807, 2.05) is 39.0 Å². The number of benzene rings is 1. The fourth-order valence-corrected chi connectivity index (χ4v) is 3.17. The highest BCUT2D eigenvalue weighted by Gasteiger charge is 2.25. The molecule has 1 aliphatic rings. The van der Waals surface area contributed by atoms with E-state index in [1.165, 1.54) is 0 Å². The zero-order valence-corrected chi connectivity index (χ0v) is 15.9. The van der Waals surface area contributed by atoms with Crippen LogP contribution in [0, 0.1) is 11.3 Å². The molecule has 0 spiro atoms. The van der Waals surface area contributed by atoms with Crippen LogP contribution in [0.1, 0.15) is 52.0 Å². The molecule has 2 rings (SSSR count). The molecule has 2 N–H and O–H groups in total. The van der Waals surface area contributed by atoms with Gasteiger partial charge in [-0.1, -0.05) is 15.9 Å². The van der Waals surface area contributed by atoms with Crippen molar-refractivity contribution in [3.63, 3.8) is 0 Å². The Morgan fingerprint density at radius 1 is 1.25 bits per heavy atom. The molecule has 0 aromatic heterocycles. The molecule has 1 aliphatic carbocycles. The van der Waals surface area contributed by atoms with Crippen molar-refractivity contribution < 1.29 is 9.53 Å². The topological polar surface area (TPSA) is 74.2 Å². The summed E-state index contributed by atoms with van der Waals surface area (Å²) in [5, 5.41) is 15.6. The van der Waals surface area contributed by atoms with Crippen LogP contribution in [0.25, 0.3) is 0 Å². The van der Waals surface area contributed by atoms with Crippen molar-refractivity contribution >= 4 is 27.7 Å². The second-order valence-corrected chi connectivity index (χ2v) is 8.06. The van der Waals surface area contributed by atoms with Gasteiger partial charge in [0, 0.05) is 16.6 Å². The van der Waals surface area contributed by atoms with Crippen LogP contribution in [0.4, 0.5) is 10.5 Å². The molecule has 5 nitrogen and oxygen atoms in total. The van der Waals surface area contributed by atoms with E-state index in [0.29, 0.717) is 11.6 Å². The van der Waals surface area contributed by atoms with Gasteiger partial charge in [0.25, 0.3) is 0 Å². The summed E-state index contributed by atoms with van der Waals surface area (Å²) in [4.78, 5) is 11.8. The predicted octanol–water partition coefficient (Wildman–Crippen LogP) is 4.57. The van der Waals surface area contributed by atoms with Gasteiger partial charge < -0.3 is 15.4 Å². The summed E-state index contributed by atoms with van der Waals surface area (Å²) < 4.78 is 6.25. The molecule has 1 aromatic rings. The first kappa shape index (κ1) is 18.6. The average Bonchev–Trinajstić information content (AvgIpc) is 2.47. The molecule has 0 aliphatic heterocycles. The Hall–Kier alpha value is -1.74. The number of carbonyl (C=O) groups is 1. The van der Waals surface area contributed by atoms with Crippen molar-refractivity contribution in [1.82, 2.24) is 5.32 Å². The van der Waals surface area contributed by atoms with Gasteiger partial charge in [-0.3, -0.25) is 0 Å². The van der Waals surface area contributed by atoms with E-state index in [4.69, 9.17) is 4.74 Å². The number of nitrogens with one attached hydrogen (secondary N) is 2. The third kappa shape index (κ3) is 5.72. The lowest BCUT2D eigenvalue weighted by Crippen LogP contribution is -2.42. The smallest absolute Gasteiger partial charge is 0.407 e. The number of nitriles is 1. The fourth-order valence-electron chi connectivity index (χ4n) is 2.81. The number of alkyl carbamates (subject to hydrolysis) is 1. The van der Waals surface area contributed by atoms with Gasteiger partial charge in [0.1, 0.15) is 11.7 Å². The van der Waals surface area contributed by atoms with E-state index < -0.39 is 5.60 Å². The molecular formula is C18H24BrN3O2. The van der Waals surface area contributed by atoms with Gasteiger partial charge in [0.05, 0.1) is 11.3 Å². The van der Waals surface area contributed by atoms with Crippen molar-refractivity contribution in [3.8, 4) is 6.07 Å². The fraction of sp³-hybridized carbons (Fsp3) is 0.556. The summed E-state index contributed by atoms with van der Waals surface area (Å²) in [6.07, 6.45) is 3.33. The van der Waals surface area contributed by atoms with Crippen molar-refractivity contribution in [3.05, 3.63) is 28.2 Å². The molecular weight excluding hydrogens is 370 g/mol. The van der Waals surface area contributed by atoms with Gasteiger partial charge in [0.2, 0.25) is 0 Å². The molecule has 1 saturated carbocycles. The highest BCUT2D eigenvalue weighted by molar-refractivity contribution is 9.10. The van der Waals surface area contributed by atoms with Crippen LogP contribution >= 0.6 is 15.9 Å². The summed E-state index contributed by atoms with van der Waals surface area (Å²) in [5.74, 6) is 0. The third-order valence-corrected chi connectivity index (χ3v) is 4.40. The maximum absolute atomic E-state index is 11.8. The number of anilines is 1. The van der Waals surface area contributed by atoms with Crippen LogP contribution in [0.15, 0.2) is 22.7 Å². The monoisotopic (exact) mass is 393 g/mol. The lowest BCUT2D eigenvalue weighted by Gasteiger charge is -2.31. The van der Waals surface area contributed by atoms with E-state index in [1.54, 1.807) is 0 Å². The first-order valence-corrected chi connectivity index (χ1v) is 9.02. The van der Waals surface area contributed by atoms with Crippen molar-refractivity contribution in [1.29, 1.82) is 5.26 Å². The van der Waals surface area contributed by atoms with E-state index >= 15 is 0 Å². The lowest BCUT2D eigenvalue weighted by atomic mass is 9.91. The van der Waals surface area contributed by atoms with Gasteiger partial charge in [-0.25, -0.2) is 4.79 Å². The van der Waals surface area contributed by atoms with Crippen molar-refractivity contribution in [2.45, 2.75) is 64.1 Å². The van der Waals surface area contributed by atoms with Crippen LogP contribution in [0.3, 0.4) is 0 Å². The number of carbonyl (C=O) groups excluding carboxylic acids is 1. The number of hydrogen-bond acceptors (Lipinski definition) is 4. The molecule has 0 heterocycles. The van der Waals surface area contributed by atoms with E-state index in [-0.39, 0.29) is 12.1 Å². The third-order valence-electron chi connectivity index (χ3n) is 3.91. The summed E-state index contributed by atoms with van der Waals surface area (Å²) in [5.41, 5.74) is 1.03. The molecule has 24 heavy (non-hydrogen) atoms. The van der Waals surface area contributed by atoms with Gasteiger partial charge in [-0.05, 0) is 64.7 Å². The summed E-state index contributed by atoms with van der Waals surface area (Å²) in [6, 6.07) is 8.28. The quantitative estimate of drug-likeness (QED) is 0.788. The maximum atomic E-state index is 11.8. The minimum Gasteiger partial charge on any atom is -0.444 e. The molecule has 1 fully saturated rings. The second-order valence-electron chi connectivity index (χ2n) is 7.14. The Morgan fingerprint density at radius 2 is 1.88 bits per heavy atom. The number of hydrogen-bond donors (Lipinski definition) is 2. The Bertz CT molecular complexity index is 626. The van der Waals surface area contributed by atoms with Crippen LogP contribution in [0.2, 0.25) is 0 Å². The number of ether oxygens (including phenoxy) is 1. The Morgan fingerprint density at radius 3 is 2.46 bits per heavy atom. The SMILES string of the molecule is CC(C)(C)OC(=O)N[C@H]1CC[C@H](Nc2cc(Br)ccc2C#N)CC1. The normalized spacial score (nSPS) is 20.8. The van der Waals surface area contributed by atoms with Crippen LogP contribution in [0.5, 0.6) is 0 Å². The zero-order valence-electron chi connectivity index (χ0n) is 14.4. The minimum absolute atomic E-state index is 0.149. The van der Waals surface area contributed by atoms with E-state index in [2.05, 4.69) is 32.6 Å². The highest BCUT2D eigenvalue weighted by atomic mass is 79.9. The van der Waals surface area contributed by atoms with Gasteiger partial charge in [-0.15, -0.1) is 0 Å². The molecule has 1 amide bonds. The average molecular weight is 394 g/mol. The Balaban J connectivity index is 1.84. The molecule has 0 bridgehead atoms. The van der Waals surface area contributed by atoms with Gasteiger partial charge in [-0.2, -0.15) is 5.26 Å². The standard InChI is InChI=1S/C18H24BrN3O2/c1-18(2,3)24-17(23)22-15-8-6-14(7-9-15)21-16-10-13(19)5-4-12(16)11-20/h4-5,10,14-15,21H,6-9H2,1-3H3,(H,22,23)/t14-,15-. The molecule has 0 saturated heterocycles. The number of amides is 1. The number of nitrogens with zero attached hydrogens (tertiary/aromatic N) is 1. The van der Waals surface area contributed by atoms with Gasteiger partial charge >= 0.3 is 6.09 Å².